The zero-order valence-electron chi connectivity index (χ0n) is 16.4. The van der Waals surface area contributed by atoms with Crippen LogP contribution >= 0.6 is 0 Å². The zero-order chi connectivity index (χ0) is 23.4. The summed E-state index contributed by atoms with van der Waals surface area (Å²) in [7, 11) is 0. The Bertz CT molecular complexity index is 668. The van der Waals surface area contributed by atoms with E-state index in [0.717, 1.165) is 0 Å². The zero-order valence-corrected chi connectivity index (χ0v) is 16.4. The molecule has 0 aliphatic carbocycles. The summed E-state index contributed by atoms with van der Waals surface area (Å²) in [6.07, 6.45) is -2.53. The molecule has 0 saturated heterocycles. The van der Waals surface area contributed by atoms with E-state index in [-0.39, 0.29) is 25.7 Å². The molecule has 14 heteroatoms. The maximum atomic E-state index is 12.5. The van der Waals surface area contributed by atoms with Crippen LogP contribution in [0.5, 0.6) is 0 Å². The maximum absolute atomic E-state index is 12.5. The Morgan fingerprint density at radius 1 is 0.833 bits per heavy atom. The fraction of sp³-hybridized carbons (Fsp3) is 0.625. The monoisotopic (exact) mass is 432 g/mol. The first kappa shape index (κ1) is 26.7. The van der Waals surface area contributed by atoms with Gasteiger partial charge in [-0.1, -0.05) is 0 Å². The van der Waals surface area contributed by atoms with E-state index in [2.05, 4.69) is 16.0 Å². The Morgan fingerprint density at radius 2 is 1.33 bits per heavy atom. The van der Waals surface area contributed by atoms with E-state index in [1.807, 2.05) is 0 Å². The second kappa shape index (κ2) is 13.1. The minimum atomic E-state index is -1.60. The second-order valence-electron chi connectivity index (χ2n) is 6.46. The summed E-state index contributed by atoms with van der Waals surface area (Å²) in [6, 6.07) is -4.38. The summed E-state index contributed by atoms with van der Waals surface area (Å²) in [5, 5.41) is 25.5. The van der Waals surface area contributed by atoms with E-state index >= 15 is 0 Å². The van der Waals surface area contributed by atoms with E-state index in [1.165, 1.54) is 6.92 Å². The third-order valence-corrected chi connectivity index (χ3v) is 3.87. The molecule has 4 atom stereocenters. The smallest absolute Gasteiger partial charge is 0.326 e. The van der Waals surface area contributed by atoms with Crippen LogP contribution in [0.4, 0.5) is 0 Å². The quantitative estimate of drug-likeness (QED) is 0.131. The third-order valence-electron chi connectivity index (χ3n) is 3.87. The van der Waals surface area contributed by atoms with Crippen molar-refractivity contribution in [3.63, 3.8) is 0 Å². The van der Waals surface area contributed by atoms with E-state index in [0.29, 0.717) is 0 Å². The molecule has 14 nitrogen and oxygen atoms in total. The molecule has 170 valence electrons. The second-order valence-corrected chi connectivity index (χ2v) is 6.46. The number of carboxylic acids is 1. The van der Waals surface area contributed by atoms with Crippen LogP contribution in [0.1, 0.15) is 32.6 Å². The number of hydrogen-bond acceptors (Lipinski definition) is 8. The number of aliphatic hydroxyl groups excluding tert-OH is 1. The molecule has 0 saturated carbocycles. The van der Waals surface area contributed by atoms with Crippen molar-refractivity contribution >= 4 is 35.5 Å². The summed E-state index contributed by atoms with van der Waals surface area (Å²) in [6.45, 7) is 0.724. The third kappa shape index (κ3) is 10.3. The number of aliphatic hydroxyl groups is 1. The first-order chi connectivity index (χ1) is 13.9. The fourth-order valence-electron chi connectivity index (χ4n) is 2.27. The molecule has 4 unspecified atom stereocenters. The summed E-state index contributed by atoms with van der Waals surface area (Å²) in [4.78, 5) is 69.5. The molecule has 30 heavy (non-hydrogen) atoms. The number of nitrogens with one attached hydrogen (secondary N) is 3. The molecular formula is C16H28N6O8. The first-order valence-electron chi connectivity index (χ1n) is 8.96. The molecule has 0 aliphatic heterocycles. The van der Waals surface area contributed by atoms with Gasteiger partial charge in [-0.2, -0.15) is 0 Å². The van der Waals surface area contributed by atoms with Crippen LogP contribution in [0.2, 0.25) is 0 Å². The maximum Gasteiger partial charge on any atom is 0.326 e. The normalized spacial score (nSPS) is 14.5. The minimum Gasteiger partial charge on any atom is -0.480 e. The van der Waals surface area contributed by atoms with Crippen molar-refractivity contribution in [3.8, 4) is 0 Å². The van der Waals surface area contributed by atoms with Crippen molar-refractivity contribution in [3.05, 3.63) is 0 Å². The Balaban J connectivity index is 5.30. The molecule has 0 aromatic carbocycles. The Kier molecular flexibility index (Phi) is 11.6. The van der Waals surface area contributed by atoms with Crippen LogP contribution in [0.3, 0.4) is 0 Å². The van der Waals surface area contributed by atoms with E-state index in [4.69, 9.17) is 22.3 Å². The summed E-state index contributed by atoms with van der Waals surface area (Å²) in [5.74, 6) is -5.65. The van der Waals surface area contributed by atoms with Gasteiger partial charge in [0.2, 0.25) is 29.5 Å². The lowest BCUT2D eigenvalue weighted by molar-refractivity contribution is -0.143. The van der Waals surface area contributed by atoms with Crippen molar-refractivity contribution in [2.75, 3.05) is 6.54 Å². The summed E-state index contributed by atoms with van der Waals surface area (Å²) < 4.78 is 0. The molecule has 0 aromatic heterocycles. The molecule has 0 rings (SSSR count). The Morgan fingerprint density at radius 3 is 1.73 bits per heavy atom. The van der Waals surface area contributed by atoms with Crippen molar-refractivity contribution < 1.29 is 39.0 Å². The van der Waals surface area contributed by atoms with Gasteiger partial charge >= 0.3 is 5.97 Å². The first-order valence-corrected chi connectivity index (χ1v) is 8.96. The Labute approximate surface area is 171 Å². The highest BCUT2D eigenvalue weighted by atomic mass is 16.4. The fourth-order valence-corrected chi connectivity index (χ4v) is 2.27. The van der Waals surface area contributed by atoms with Gasteiger partial charge in [-0.3, -0.25) is 24.0 Å². The number of nitrogens with two attached hydrogens (primary N) is 3. The summed E-state index contributed by atoms with van der Waals surface area (Å²) >= 11 is 0. The van der Waals surface area contributed by atoms with Gasteiger partial charge in [0.1, 0.15) is 18.1 Å². The molecular weight excluding hydrogens is 404 g/mol. The molecule has 0 aromatic rings. The van der Waals surface area contributed by atoms with Gasteiger partial charge in [0, 0.05) is 12.8 Å². The van der Waals surface area contributed by atoms with Crippen LogP contribution in [0.15, 0.2) is 0 Å². The van der Waals surface area contributed by atoms with Gasteiger partial charge in [0.15, 0.2) is 0 Å². The summed E-state index contributed by atoms with van der Waals surface area (Å²) in [5.41, 5.74) is 15.2. The molecule has 0 aliphatic rings. The average molecular weight is 432 g/mol. The highest BCUT2D eigenvalue weighted by Crippen LogP contribution is 2.03. The highest BCUT2D eigenvalue weighted by molar-refractivity contribution is 5.94. The van der Waals surface area contributed by atoms with Gasteiger partial charge in [0.25, 0.3) is 0 Å². The standard InChI is InChI=1S/C16H28N6O8/c1-7(23)13(15(28)21-9(16(29)30)3-5-11(19)25)22-14(27)8(2-4-10(18)24)20-12(26)6-17/h7-9,13,23H,2-6,17H2,1H3,(H2,18,24)(H2,19,25)(H,20,26)(H,21,28)(H,22,27)(H,29,30). The van der Waals surface area contributed by atoms with Gasteiger partial charge in [-0.05, 0) is 19.8 Å². The van der Waals surface area contributed by atoms with Crippen LogP contribution in [0, 0.1) is 0 Å². The number of hydrogen-bond donors (Lipinski definition) is 8. The topological polar surface area (TPSA) is 257 Å². The molecule has 0 spiro atoms. The van der Waals surface area contributed by atoms with Gasteiger partial charge in [-0.25, -0.2) is 4.79 Å². The number of carbonyl (C=O) groups is 6. The lowest BCUT2D eigenvalue weighted by atomic mass is 10.1. The predicted octanol–water partition coefficient (Wildman–Crippen LogP) is -4.60. The number of amides is 5. The number of aliphatic carboxylic acids is 1. The minimum absolute atomic E-state index is 0.197. The number of carboxylic acid groups (broad SMARTS) is 1. The van der Waals surface area contributed by atoms with E-state index in [1.54, 1.807) is 0 Å². The molecule has 11 N–H and O–H groups in total. The number of primary amides is 2. The van der Waals surface area contributed by atoms with Crippen molar-refractivity contribution in [2.24, 2.45) is 17.2 Å². The Hall–Kier alpha value is -3.26. The lowest BCUT2D eigenvalue weighted by Crippen LogP contribution is -2.59. The van der Waals surface area contributed by atoms with Gasteiger partial charge in [-0.15, -0.1) is 0 Å². The van der Waals surface area contributed by atoms with Gasteiger partial charge < -0.3 is 43.4 Å². The number of rotatable bonds is 14. The lowest BCUT2D eigenvalue weighted by Gasteiger charge is -2.25. The number of carbonyl (C=O) groups excluding carboxylic acids is 5. The highest BCUT2D eigenvalue weighted by Gasteiger charge is 2.32. The van der Waals surface area contributed by atoms with Crippen LogP contribution in [-0.4, -0.2) is 76.5 Å². The van der Waals surface area contributed by atoms with Crippen molar-refractivity contribution in [1.29, 1.82) is 0 Å². The van der Waals surface area contributed by atoms with E-state index < -0.39 is 66.3 Å². The van der Waals surface area contributed by atoms with Crippen molar-refractivity contribution in [1.82, 2.24) is 16.0 Å². The molecule has 5 amide bonds. The van der Waals surface area contributed by atoms with Crippen LogP contribution in [0.25, 0.3) is 0 Å². The van der Waals surface area contributed by atoms with Crippen molar-refractivity contribution in [2.45, 2.75) is 56.8 Å². The van der Waals surface area contributed by atoms with Crippen LogP contribution < -0.4 is 33.2 Å². The van der Waals surface area contributed by atoms with Gasteiger partial charge in [0.05, 0.1) is 12.6 Å². The molecule has 0 heterocycles. The largest absolute Gasteiger partial charge is 0.480 e. The van der Waals surface area contributed by atoms with E-state index in [9.17, 15) is 33.9 Å². The average Bonchev–Trinajstić information content (AvgIpc) is 2.64. The predicted molar refractivity (Wildman–Crippen MR) is 101 cm³/mol. The molecule has 0 radical (unpaired) electrons. The molecule has 0 bridgehead atoms. The molecule has 0 fully saturated rings. The van der Waals surface area contributed by atoms with Crippen LogP contribution in [-0.2, 0) is 28.8 Å². The SMILES string of the molecule is CC(O)C(NC(=O)C(CCC(N)=O)NC(=O)CN)C(=O)NC(CCC(N)=O)C(=O)O.